The van der Waals surface area contributed by atoms with E-state index >= 15 is 0 Å². The summed E-state index contributed by atoms with van der Waals surface area (Å²) in [6.07, 6.45) is 1.01. The number of nitrogen functional groups attached to an aromatic ring is 1. The predicted molar refractivity (Wildman–Crippen MR) is 67.1 cm³/mol. The second kappa shape index (κ2) is 4.22. The average molecular weight is 221 g/mol. The smallest absolute Gasteiger partial charge is 0.121 e. The molecule has 0 aromatic heterocycles. The zero-order valence-electron chi connectivity index (χ0n) is 10.1. The normalized spacial score (nSPS) is 19.1. The van der Waals surface area contributed by atoms with Crippen molar-refractivity contribution in [3.63, 3.8) is 0 Å². The molecule has 3 N–H and O–H groups in total. The van der Waals surface area contributed by atoms with E-state index in [9.17, 15) is 0 Å². The van der Waals surface area contributed by atoms with E-state index < -0.39 is 0 Å². The van der Waals surface area contributed by atoms with Crippen LogP contribution in [0.3, 0.4) is 0 Å². The molecular formula is C12H19N3O. The van der Waals surface area contributed by atoms with E-state index in [1.807, 2.05) is 6.07 Å². The minimum absolute atomic E-state index is 0.513. The molecule has 1 atom stereocenters. The van der Waals surface area contributed by atoms with Gasteiger partial charge in [0.1, 0.15) is 5.75 Å². The van der Waals surface area contributed by atoms with E-state index in [-0.39, 0.29) is 0 Å². The Bertz CT molecular complexity index is 390. The molecule has 88 valence electrons. The van der Waals surface area contributed by atoms with Crippen molar-refractivity contribution in [3.8, 4) is 5.75 Å². The van der Waals surface area contributed by atoms with E-state index in [2.05, 4.69) is 30.4 Å². The largest absolute Gasteiger partial charge is 0.497 e. The molecule has 1 aliphatic heterocycles. The highest BCUT2D eigenvalue weighted by atomic mass is 16.5. The number of benzene rings is 1. The number of methoxy groups -OCH3 is 1. The van der Waals surface area contributed by atoms with Gasteiger partial charge in [0.2, 0.25) is 0 Å². The van der Waals surface area contributed by atoms with Gasteiger partial charge in [-0.1, -0.05) is 0 Å². The summed E-state index contributed by atoms with van der Waals surface area (Å²) in [5, 5.41) is 3.39. The molecule has 0 bridgehead atoms. The SMILES string of the molecule is COc1cc(N)c2c(c1)CC(N(C)C)CN2. The third-order valence-corrected chi connectivity index (χ3v) is 3.16. The fourth-order valence-corrected chi connectivity index (χ4v) is 2.10. The summed E-state index contributed by atoms with van der Waals surface area (Å²) in [4.78, 5) is 2.23. The average Bonchev–Trinajstić information content (AvgIpc) is 2.28. The molecule has 1 aromatic carbocycles. The summed E-state index contributed by atoms with van der Waals surface area (Å²) < 4.78 is 5.24. The molecular weight excluding hydrogens is 202 g/mol. The molecule has 1 aromatic rings. The van der Waals surface area contributed by atoms with Crippen molar-refractivity contribution in [1.82, 2.24) is 4.90 Å². The van der Waals surface area contributed by atoms with Gasteiger partial charge < -0.3 is 20.7 Å². The van der Waals surface area contributed by atoms with Gasteiger partial charge >= 0.3 is 0 Å². The Kier molecular flexibility index (Phi) is 2.92. The van der Waals surface area contributed by atoms with Gasteiger partial charge in [-0.3, -0.25) is 0 Å². The van der Waals surface area contributed by atoms with Crippen LogP contribution in [0.15, 0.2) is 12.1 Å². The van der Waals surface area contributed by atoms with Crippen molar-refractivity contribution in [1.29, 1.82) is 0 Å². The summed E-state index contributed by atoms with van der Waals surface area (Å²) >= 11 is 0. The van der Waals surface area contributed by atoms with E-state index in [0.29, 0.717) is 6.04 Å². The molecule has 0 spiro atoms. The van der Waals surface area contributed by atoms with Crippen molar-refractivity contribution in [2.75, 3.05) is 38.8 Å². The third kappa shape index (κ3) is 1.93. The van der Waals surface area contributed by atoms with Crippen LogP contribution in [0.2, 0.25) is 0 Å². The van der Waals surface area contributed by atoms with Gasteiger partial charge in [0, 0.05) is 18.7 Å². The van der Waals surface area contributed by atoms with Crippen molar-refractivity contribution < 1.29 is 4.74 Å². The maximum Gasteiger partial charge on any atom is 0.121 e. The molecule has 0 amide bonds. The van der Waals surface area contributed by atoms with Gasteiger partial charge in [-0.25, -0.2) is 0 Å². The number of hydrogen-bond donors (Lipinski definition) is 2. The Hall–Kier alpha value is -1.42. The summed E-state index contributed by atoms with van der Waals surface area (Å²) in [5.74, 6) is 0.831. The lowest BCUT2D eigenvalue weighted by molar-refractivity contribution is 0.299. The monoisotopic (exact) mass is 221 g/mol. The summed E-state index contributed by atoms with van der Waals surface area (Å²) in [7, 11) is 5.86. The van der Waals surface area contributed by atoms with Crippen LogP contribution in [0.4, 0.5) is 11.4 Å². The molecule has 16 heavy (non-hydrogen) atoms. The fraction of sp³-hybridized carbons (Fsp3) is 0.500. The topological polar surface area (TPSA) is 50.5 Å². The second-order valence-electron chi connectivity index (χ2n) is 4.45. The van der Waals surface area contributed by atoms with Crippen molar-refractivity contribution in [2.45, 2.75) is 12.5 Å². The number of nitrogens with zero attached hydrogens (tertiary/aromatic N) is 1. The quantitative estimate of drug-likeness (QED) is 0.736. The Morgan fingerprint density at radius 3 is 2.81 bits per heavy atom. The molecule has 4 heteroatoms. The van der Waals surface area contributed by atoms with Crippen LogP contribution in [0, 0.1) is 0 Å². The molecule has 0 aliphatic carbocycles. The lowest BCUT2D eigenvalue weighted by atomic mass is 9.97. The van der Waals surface area contributed by atoms with E-state index in [1.54, 1.807) is 7.11 Å². The van der Waals surface area contributed by atoms with Crippen LogP contribution in [-0.4, -0.2) is 38.7 Å². The van der Waals surface area contributed by atoms with Crippen LogP contribution in [0.25, 0.3) is 0 Å². The highest BCUT2D eigenvalue weighted by molar-refractivity contribution is 5.73. The van der Waals surface area contributed by atoms with Gasteiger partial charge in [-0.2, -0.15) is 0 Å². The van der Waals surface area contributed by atoms with Gasteiger partial charge in [0.15, 0.2) is 0 Å². The number of ether oxygens (including phenoxy) is 1. The van der Waals surface area contributed by atoms with Crippen LogP contribution in [0.5, 0.6) is 5.75 Å². The number of fused-ring (bicyclic) bond motifs is 1. The predicted octanol–water partition coefficient (Wildman–Crippen LogP) is 1.18. The number of rotatable bonds is 2. The van der Waals surface area contributed by atoms with Crippen LogP contribution in [0.1, 0.15) is 5.56 Å². The van der Waals surface area contributed by atoms with Crippen molar-refractivity contribution in [3.05, 3.63) is 17.7 Å². The molecule has 2 rings (SSSR count). The highest BCUT2D eigenvalue weighted by Crippen LogP contribution is 2.33. The summed E-state index contributed by atoms with van der Waals surface area (Å²) in [6.45, 7) is 0.941. The van der Waals surface area contributed by atoms with Gasteiger partial charge in [-0.15, -0.1) is 0 Å². The molecule has 0 fully saturated rings. The fourth-order valence-electron chi connectivity index (χ4n) is 2.10. The first-order valence-corrected chi connectivity index (χ1v) is 5.48. The first kappa shape index (κ1) is 11.1. The molecule has 0 saturated heterocycles. The third-order valence-electron chi connectivity index (χ3n) is 3.16. The van der Waals surface area contributed by atoms with Crippen LogP contribution in [-0.2, 0) is 6.42 Å². The molecule has 1 unspecified atom stereocenters. The van der Waals surface area contributed by atoms with Crippen LogP contribution < -0.4 is 15.8 Å². The van der Waals surface area contributed by atoms with Crippen molar-refractivity contribution >= 4 is 11.4 Å². The van der Waals surface area contributed by atoms with E-state index in [1.165, 1.54) is 5.56 Å². The number of hydrogen-bond acceptors (Lipinski definition) is 4. The lowest BCUT2D eigenvalue weighted by Gasteiger charge is -2.31. The number of nitrogens with one attached hydrogen (secondary N) is 1. The Balaban J connectivity index is 2.33. The highest BCUT2D eigenvalue weighted by Gasteiger charge is 2.21. The molecule has 1 aliphatic rings. The Morgan fingerprint density at radius 2 is 2.19 bits per heavy atom. The molecule has 4 nitrogen and oxygen atoms in total. The Morgan fingerprint density at radius 1 is 1.44 bits per heavy atom. The first-order chi connectivity index (χ1) is 7.61. The molecule has 0 radical (unpaired) electrons. The maximum atomic E-state index is 5.98. The zero-order valence-corrected chi connectivity index (χ0v) is 10.1. The molecule has 0 saturated carbocycles. The minimum Gasteiger partial charge on any atom is -0.497 e. The van der Waals surface area contributed by atoms with Crippen LogP contribution >= 0.6 is 0 Å². The van der Waals surface area contributed by atoms with E-state index in [4.69, 9.17) is 10.5 Å². The first-order valence-electron chi connectivity index (χ1n) is 5.48. The number of anilines is 2. The molecule has 1 heterocycles. The number of likely N-dealkylation sites (N-methyl/N-ethyl adjacent to an activating group) is 1. The van der Waals surface area contributed by atoms with Gasteiger partial charge in [0.25, 0.3) is 0 Å². The summed E-state index contributed by atoms with van der Waals surface area (Å²) in [6, 6.07) is 4.44. The van der Waals surface area contributed by atoms with Gasteiger partial charge in [0.05, 0.1) is 18.5 Å². The van der Waals surface area contributed by atoms with E-state index in [0.717, 1.165) is 30.1 Å². The van der Waals surface area contributed by atoms with Gasteiger partial charge in [-0.05, 0) is 32.1 Å². The maximum absolute atomic E-state index is 5.98. The lowest BCUT2D eigenvalue weighted by Crippen LogP contribution is -2.39. The zero-order chi connectivity index (χ0) is 11.7. The Labute approximate surface area is 96.4 Å². The standard InChI is InChI=1S/C12H19N3O/c1-15(2)9-4-8-5-10(16-3)6-11(13)12(8)14-7-9/h5-6,9,14H,4,7,13H2,1-3H3. The number of nitrogens with two attached hydrogens (primary N) is 1. The summed E-state index contributed by atoms with van der Waals surface area (Å²) in [5.41, 5.74) is 9.06. The second-order valence-corrected chi connectivity index (χ2v) is 4.45. The van der Waals surface area contributed by atoms with Crippen molar-refractivity contribution in [2.24, 2.45) is 0 Å². The minimum atomic E-state index is 0.513.